The second kappa shape index (κ2) is 9.51. The van der Waals surface area contributed by atoms with E-state index in [0.717, 1.165) is 22.3 Å². The lowest BCUT2D eigenvalue weighted by atomic mass is 9.74. The Balaban J connectivity index is 1.63. The van der Waals surface area contributed by atoms with E-state index in [9.17, 15) is 8.42 Å². The first-order valence-corrected chi connectivity index (χ1v) is 13.2. The fourth-order valence-corrected chi connectivity index (χ4v) is 5.91. The van der Waals surface area contributed by atoms with Crippen LogP contribution in [0.1, 0.15) is 28.7 Å². The second-order valence-electron chi connectivity index (χ2n) is 9.13. The largest absolute Gasteiger partial charge is 0.354 e. The Morgan fingerprint density at radius 2 is 1.26 bits per heavy atom. The van der Waals surface area contributed by atoms with Crippen LogP contribution in [0.3, 0.4) is 0 Å². The summed E-state index contributed by atoms with van der Waals surface area (Å²) in [6.07, 6.45) is 0.499. The van der Waals surface area contributed by atoms with Crippen LogP contribution in [0.25, 0.3) is 0 Å². The molecule has 0 amide bonds. The summed E-state index contributed by atoms with van der Waals surface area (Å²) < 4.78 is 31.2. The van der Waals surface area contributed by atoms with Crippen LogP contribution in [0, 0.1) is 6.92 Å². The Hall–Kier alpha value is -3.70. The highest BCUT2D eigenvalue weighted by molar-refractivity contribution is 7.90. The molecule has 0 saturated carbocycles. The van der Waals surface area contributed by atoms with Crippen molar-refractivity contribution in [2.75, 3.05) is 6.54 Å². The molecule has 35 heavy (non-hydrogen) atoms. The fraction of sp³-hybridized carbons (Fsp3) is 0.167. The maximum atomic E-state index is 13.4. The number of nitrogens with zero attached hydrogens (tertiary/aromatic N) is 2. The standard InChI is InChI=1S/C30H28N2O2S/c1-24-17-19-28(20-18-24)35(33,34)31-29-21-30(26-13-7-3-8-14-26,27-15-9-4-10-16-27)23-32(29)22-25-11-5-2-6-12-25/h2-20H,21-23H2,1H3/b31-29+. The fourth-order valence-electron chi connectivity index (χ4n) is 4.87. The van der Waals surface area contributed by atoms with Gasteiger partial charge in [-0.1, -0.05) is 109 Å². The number of sulfonamides is 1. The van der Waals surface area contributed by atoms with E-state index in [-0.39, 0.29) is 4.90 Å². The summed E-state index contributed by atoms with van der Waals surface area (Å²) >= 11 is 0. The zero-order valence-electron chi connectivity index (χ0n) is 19.7. The van der Waals surface area contributed by atoms with Crippen molar-refractivity contribution in [2.24, 2.45) is 4.40 Å². The molecule has 0 spiro atoms. The molecular formula is C30H28N2O2S. The Morgan fingerprint density at radius 1 is 0.743 bits per heavy atom. The smallest absolute Gasteiger partial charge is 0.283 e. The number of amidine groups is 1. The van der Waals surface area contributed by atoms with E-state index in [1.165, 1.54) is 0 Å². The molecule has 4 aromatic rings. The molecule has 5 rings (SSSR count). The maximum absolute atomic E-state index is 13.4. The van der Waals surface area contributed by atoms with Gasteiger partial charge in [-0.3, -0.25) is 0 Å². The highest BCUT2D eigenvalue weighted by Crippen LogP contribution is 2.42. The van der Waals surface area contributed by atoms with Crippen LogP contribution >= 0.6 is 0 Å². The van der Waals surface area contributed by atoms with Gasteiger partial charge in [-0.25, -0.2) is 0 Å². The maximum Gasteiger partial charge on any atom is 0.283 e. The van der Waals surface area contributed by atoms with E-state index < -0.39 is 15.4 Å². The average molecular weight is 481 g/mol. The van der Waals surface area contributed by atoms with Crippen molar-refractivity contribution in [1.29, 1.82) is 0 Å². The minimum atomic E-state index is -3.85. The highest BCUT2D eigenvalue weighted by atomic mass is 32.2. The summed E-state index contributed by atoms with van der Waals surface area (Å²) in [6, 6.07) is 37.7. The summed E-state index contributed by atoms with van der Waals surface area (Å²) in [5, 5.41) is 0. The lowest BCUT2D eigenvalue weighted by Gasteiger charge is -2.30. The van der Waals surface area contributed by atoms with Crippen LogP contribution in [0.2, 0.25) is 0 Å². The van der Waals surface area contributed by atoms with E-state index in [4.69, 9.17) is 0 Å². The van der Waals surface area contributed by atoms with Gasteiger partial charge in [0.25, 0.3) is 10.0 Å². The van der Waals surface area contributed by atoms with Crippen molar-refractivity contribution >= 4 is 15.9 Å². The molecule has 1 heterocycles. The predicted octanol–water partition coefficient (Wildman–Crippen LogP) is 5.97. The highest BCUT2D eigenvalue weighted by Gasteiger charge is 2.45. The quantitative estimate of drug-likeness (QED) is 0.341. The third-order valence-electron chi connectivity index (χ3n) is 6.70. The Kier molecular flexibility index (Phi) is 6.27. The summed E-state index contributed by atoms with van der Waals surface area (Å²) in [7, 11) is -3.85. The first-order chi connectivity index (χ1) is 17.0. The normalized spacial score (nSPS) is 16.5. The second-order valence-corrected chi connectivity index (χ2v) is 10.7. The molecule has 0 unspecified atom stereocenters. The SMILES string of the molecule is Cc1ccc(S(=O)(=O)/N=C2\CC(c3ccccc3)(c3ccccc3)CN2Cc2ccccc2)cc1. The first-order valence-electron chi connectivity index (χ1n) is 11.8. The van der Waals surface area contributed by atoms with Crippen LogP contribution in [-0.2, 0) is 22.0 Å². The summed E-state index contributed by atoms with van der Waals surface area (Å²) in [4.78, 5) is 2.34. The van der Waals surface area contributed by atoms with Crippen molar-refractivity contribution in [3.05, 3.63) is 138 Å². The Bertz CT molecular complexity index is 1380. The molecule has 0 atom stereocenters. The third-order valence-corrected chi connectivity index (χ3v) is 8.02. The predicted molar refractivity (Wildman–Crippen MR) is 141 cm³/mol. The van der Waals surface area contributed by atoms with Gasteiger partial charge in [0.15, 0.2) is 0 Å². The van der Waals surface area contributed by atoms with Crippen molar-refractivity contribution in [3.63, 3.8) is 0 Å². The van der Waals surface area contributed by atoms with Crippen molar-refractivity contribution < 1.29 is 8.42 Å². The van der Waals surface area contributed by atoms with Crippen LogP contribution in [0.5, 0.6) is 0 Å². The number of hydrogen-bond acceptors (Lipinski definition) is 2. The molecule has 1 saturated heterocycles. The van der Waals surface area contributed by atoms with Crippen molar-refractivity contribution in [3.8, 4) is 0 Å². The molecule has 0 N–H and O–H groups in total. The zero-order valence-corrected chi connectivity index (χ0v) is 20.5. The lowest BCUT2D eigenvalue weighted by molar-refractivity contribution is 0.388. The van der Waals surface area contributed by atoms with Crippen molar-refractivity contribution in [1.82, 2.24) is 4.90 Å². The molecule has 0 aromatic heterocycles. The average Bonchev–Trinajstić information content (AvgIpc) is 3.24. The Morgan fingerprint density at radius 3 is 1.80 bits per heavy atom. The van der Waals surface area contributed by atoms with Gasteiger partial charge < -0.3 is 4.90 Å². The molecule has 176 valence electrons. The van der Waals surface area contributed by atoms with Crippen molar-refractivity contribution in [2.45, 2.75) is 30.2 Å². The van der Waals surface area contributed by atoms with E-state index in [1.807, 2.05) is 73.7 Å². The van der Waals surface area contributed by atoms with Crippen LogP contribution in [0.4, 0.5) is 0 Å². The summed E-state index contributed by atoms with van der Waals surface area (Å²) in [6.45, 7) is 3.16. The van der Waals surface area contributed by atoms with Gasteiger partial charge >= 0.3 is 0 Å². The molecule has 0 aliphatic carbocycles. The van der Waals surface area contributed by atoms with Gasteiger partial charge in [0, 0.05) is 24.9 Å². The number of likely N-dealkylation sites (tertiary alicyclic amines) is 1. The van der Waals surface area contributed by atoms with Gasteiger partial charge in [-0.15, -0.1) is 4.40 Å². The molecule has 1 aliphatic heterocycles. The van der Waals surface area contributed by atoms with Crippen LogP contribution in [-0.4, -0.2) is 25.7 Å². The topological polar surface area (TPSA) is 49.7 Å². The minimum absolute atomic E-state index is 0.215. The minimum Gasteiger partial charge on any atom is -0.354 e. The van der Waals surface area contributed by atoms with Gasteiger partial charge in [0.05, 0.1) is 4.90 Å². The summed E-state index contributed by atoms with van der Waals surface area (Å²) in [5.74, 6) is 0.585. The van der Waals surface area contributed by atoms with Crippen LogP contribution in [0.15, 0.2) is 125 Å². The first kappa shape index (κ1) is 23.1. The van der Waals surface area contributed by atoms with E-state index in [0.29, 0.717) is 25.3 Å². The van der Waals surface area contributed by atoms with E-state index in [1.54, 1.807) is 12.1 Å². The molecule has 5 heteroatoms. The van der Waals surface area contributed by atoms with E-state index in [2.05, 4.69) is 45.7 Å². The van der Waals surface area contributed by atoms with E-state index >= 15 is 0 Å². The molecule has 4 nitrogen and oxygen atoms in total. The molecule has 0 radical (unpaired) electrons. The molecule has 1 fully saturated rings. The number of benzene rings is 4. The Labute approximate surface area is 207 Å². The zero-order chi connectivity index (χ0) is 24.3. The lowest BCUT2D eigenvalue weighted by Crippen LogP contribution is -2.32. The van der Waals surface area contributed by atoms with Gasteiger partial charge in [0.1, 0.15) is 5.84 Å². The number of aryl methyl sites for hydroxylation is 1. The van der Waals surface area contributed by atoms with Crippen LogP contribution < -0.4 is 0 Å². The third kappa shape index (κ3) is 4.77. The van der Waals surface area contributed by atoms with Gasteiger partial charge in [0.2, 0.25) is 0 Å². The van der Waals surface area contributed by atoms with Gasteiger partial charge in [-0.05, 0) is 35.7 Å². The number of rotatable bonds is 6. The summed E-state index contributed by atoms with van der Waals surface area (Å²) in [5.41, 5.74) is 4.03. The molecular weight excluding hydrogens is 452 g/mol. The molecule has 0 bridgehead atoms. The molecule has 1 aliphatic rings. The molecule has 4 aromatic carbocycles. The van der Waals surface area contributed by atoms with Gasteiger partial charge in [-0.2, -0.15) is 8.42 Å². The number of hydrogen-bond donors (Lipinski definition) is 0. The monoisotopic (exact) mass is 480 g/mol.